The Kier molecular flexibility index (Phi) is 5.52. The van der Waals surface area contributed by atoms with E-state index in [9.17, 15) is 4.79 Å². The fraction of sp³-hybridized carbons (Fsp3) is 0.318. The standard InChI is InChI=1S/C22H21N3OS3/c26-20(12-6-14-27-22-24-16-8-2-4-11-19(16)29-22)25-13-5-9-17(25)21-23-15-7-1-3-10-18(15)28-21/h1-4,7-8,10-11,17H,5-6,9,12-14H2/t17-/m1/s1. The molecule has 1 atom stereocenters. The minimum Gasteiger partial charge on any atom is -0.333 e. The molecule has 1 amide bonds. The molecule has 1 aliphatic heterocycles. The van der Waals surface area contributed by atoms with Crippen LogP contribution < -0.4 is 0 Å². The van der Waals surface area contributed by atoms with Gasteiger partial charge in [0, 0.05) is 18.7 Å². The predicted octanol–water partition coefficient (Wildman–Crippen LogP) is 6.14. The van der Waals surface area contributed by atoms with Gasteiger partial charge < -0.3 is 4.90 Å². The summed E-state index contributed by atoms with van der Waals surface area (Å²) in [6.45, 7) is 0.852. The zero-order chi connectivity index (χ0) is 19.6. The number of hydrogen-bond acceptors (Lipinski definition) is 6. The third-order valence-electron chi connectivity index (χ3n) is 5.20. The number of rotatable bonds is 6. The Bertz CT molecular complexity index is 1090. The Hall–Kier alpha value is -1.96. The summed E-state index contributed by atoms with van der Waals surface area (Å²) in [5.41, 5.74) is 2.10. The first-order valence-electron chi connectivity index (χ1n) is 9.91. The van der Waals surface area contributed by atoms with E-state index in [0.717, 1.165) is 51.9 Å². The maximum atomic E-state index is 12.9. The number of thioether (sulfide) groups is 1. The van der Waals surface area contributed by atoms with Gasteiger partial charge in [-0.1, -0.05) is 36.0 Å². The molecule has 0 N–H and O–H groups in total. The fourth-order valence-corrected chi connectivity index (χ4v) is 6.99. The Balaban J connectivity index is 1.17. The quantitative estimate of drug-likeness (QED) is 0.267. The zero-order valence-corrected chi connectivity index (χ0v) is 18.4. The summed E-state index contributed by atoms with van der Waals surface area (Å²) in [7, 11) is 0. The van der Waals surface area contributed by atoms with Crippen LogP contribution in [0.1, 0.15) is 36.7 Å². The number of benzene rings is 2. The molecule has 3 heterocycles. The van der Waals surface area contributed by atoms with Gasteiger partial charge in [0.15, 0.2) is 4.34 Å². The molecule has 1 saturated heterocycles. The number of aromatic nitrogens is 2. The summed E-state index contributed by atoms with van der Waals surface area (Å²) in [5, 5.41) is 1.08. The van der Waals surface area contributed by atoms with E-state index in [2.05, 4.69) is 34.1 Å². The molecule has 29 heavy (non-hydrogen) atoms. The summed E-state index contributed by atoms with van der Waals surface area (Å²) < 4.78 is 3.52. The van der Waals surface area contributed by atoms with Gasteiger partial charge in [0.2, 0.25) is 5.91 Å². The molecule has 0 spiro atoms. The predicted molar refractivity (Wildman–Crippen MR) is 123 cm³/mol. The molecule has 2 aromatic carbocycles. The number of carbonyl (C=O) groups excluding carboxylic acids is 1. The van der Waals surface area contributed by atoms with Gasteiger partial charge in [0.25, 0.3) is 0 Å². The number of nitrogens with zero attached hydrogens (tertiary/aromatic N) is 3. The van der Waals surface area contributed by atoms with E-state index in [1.54, 1.807) is 34.4 Å². The summed E-state index contributed by atoms with van der Waals surface area (Å²) in [5.74, 6) is 1.18. The highest BCUT2D eigenvalue weighted by atomic mass is 32.2. The molecule has 0 unspecified atom stereocenters. The van der Waals surface area contributed by atoms with Crippen molar-refractivity contribution in [1.29, 1.82) is 0 Å². The second-order valence-corrected chi connectivity index (χ2v) is 10.6. The van der Waals surface area contributed by atoms with Crippen molar-refractivity contribution in [2.45, 2.75) is 36.1 Å². The van der Waals surface area contributed by atoms with Crippen molar-refractivity contribution >= 4 is 60.8 Å². The van der Waals surface area contributed by atoms with Crippen LogP contribution in [0.5, 0.6) is 0 Å². The van der Waals surface area contributed by atoms with E-state index in [0.29, 0.717) is 6.42 Å². The SMILES string of the molecule is O=C(CCCSc1nc2ccccc2s1)N1CCC[C@@H]1c1nc2ccccc2s1. The smallest absolute Gasteiger partial charge is 0.223 e. The molecule has 2 aromatic heterocycles. The topological polar surface area (TPSA) is 46.1 Å². The molecule has 4 aromatic rings. The van der Waals surface area contributed by atoms with Crippen LogP contribution in [0.2, 0.25) is 0 Å². The van der Waals surface area contributed by atoms with Gasteiger partial charge in [-0.2, -0.15) is 0 Å². The highest BCUT2D eigenvalue weighted by Crippen LogP contribution is 2.37. The van der Waals surface area contributed by atoms with Crippen molar-refractivity contribution in [3.8, 4) is 0 Å². The lowest BCUT2D eigenvalue weighted by Gasteiger charge is -2.23. The van der Waals surface area contributed by atoms with Crippen LogP contribution in [-0.4, -0.2) is 33.1 Å². The van der Waals surface area contributed by atoms with Crippen LogP contribution >= 0.6 is 34.4 Å². The highest BCUT2D eigenvalue weighted by molar-refractivity contribution is 8.01. The number of carbonyl (C=O) groups is 1. The second kappa shape index (κ2) is 8.42. The summed E-state index contributed by atoms with van der Waals surface area (Å²) >= 11 is 5.22. The van der Waals surface area contributed by atoms with Gasteiger partial charge in [-0.3, -0.25) is 4.79 Å². The van der Waals surface area contributed by atoms with Crippen molar-refractivity contribution in [3.63, 3.8) is 0 Å². The van der Waals surface area contributed by atoms with Gasteiger partial charge in [-0.15, -0.1) is 22.7 Å². The number of hydrogen-bond donors (Lipinski definition) is 0. The average Bonchev–Trinajstić information content (AvgIpc) is 3.47. The van der Waals surface area contributed by atoms with Crippen LogP contribution in [0.15, 0.2) is 52.9 Å². The molecule has 148 valence electrons. The first-order chi connectivity index (χ1) is 14.3. The minimum absolute atomic E-state index is 0.150. The summed E-state index contributed by atoms with van der Waals surface area (Å²) in [6.07, 6.45) is 3.56. The van der Waals surface area contributed by atoms with Crippen LogP contribution in [0.3, 0.4) is 0 Å². The zero-order valence-electron chi connectivity index (χ0n) is 15.9. The van der Waals surface area contributed by atoms with Crippen molar-refractivity contribution in [1.82, 2.24) is 14.9 Å². The number of para-hydroxylation sites is 2. The largest absolute Gasteiger partial charge is 0.333 e. The van der Waals surface area contributed by atoms with Crippen LogP contribution in [0, 0.1) is 0 Å². The van der Waals surface area contributed by atoms with Gasteiger partial charge in [-0.25, -0.2) is 9.97 Å². The van der Waals surface area contributed by atoms with Crippen molar-refractivity contribution in [3.05, 3.63) is 53.5 Å². The van der Waals surface area contributed by atoms with Gasteiger partial charge in [0.05, 0.1) is 26.5 Å². The van der Waals surface area contributed by atoms with Crippen LogP contribution in [0.25, 0.3) is 20.4 Å². The number of thiazole rings is 2. The molecule has 1 aliphatic rings. The molecule has 0 saturated carbocycles. The Morgan fingerprint density at radius 2 is 1.76 bits per heavy atom. The molecule has 5 rings (SSSR count). The number of amides is 1. The second-order valence-electron chi connectivity index (χ2n) is 7.16. The van der Waals surface area contributed by atoms with E-state index in [4.69, 9.17) is 4.98 Å². The van der Waals surface area contributed by atoms with Crippen molar-refractivity contribution in [2.75, 3.05) is 12.3 Å². The normalized spacial score (nSPS) is 16.8. The molecule has 1 fully saturated rings. The third kappa shape index (κ3) is 4.04. The monoisotopic (exact) mass is 439 g/mol. The Morgan fingerprint density at radius 3 is 2.52 bits per heavy atom. The summed E-state index contributed by atoms with van der Waals surface area (Å²) in [4.78, 5) is 24.4. The molecule has 0 radical (unpaired) electrons. The molecule has 0 bridgehead atoms. The molecule has 7 heteroatoms. The molecule has 0 aliphatic carbocycles. The molecular formula is C22H21N3OS3. The van der Waals surface area contributed by atoms with E-state index in [-0.39, 0.29) is 11.9 Å². The Labute approximate surface area is 182 Å². The van der Waals surface area contributed by atoms with E-state index < -0.39 is 0 Å². The van der Waals surface area contributed by atoms with Crippen molar-refractivity contribution in [2.24, 2.45) is 0 Å². The van der Waals surface area contributed by atoms with E-state index >= 15 is 0 Å². The Morgan fingerprint density at radius 1 is 1.03 bits per heavy atom. The summed E-state index contributed by atoms with van der Waals surface area (Å²) in [6, 6.07) is 16.6. The minimum atomic E-state index is 0.150. The first kappa shape index (κ1) is 19.0. The van der Waals surface area contributed by atoms with Gasteiger partial charge in [0.1, 0.15) is 5.01 Å². The third-order valence-corrected chi connectivity index (χ3v) is 8.61. The number of likely N-dealkylation sites (tertiary alicyclic amines) is 1. The maximum absolute atomic E-state index is 12.9. The average molecular weight is 440 g/mol. The first-order valence-corrected chi connectivity index (χ1v) is 12.5. The lowest BCUT2D eigenvalue weighted by molar-refractivity contribution is -0.132. The van der Waals surface area contributed by atoms with Gasteiger partial charge in [-0.05, 0) is 43.5 Å². The lowest BCUT2D eigenvalue weighted by Crippen LogP contribution is -2.30. The molecule has 4 nitrogen and oxygen atoms in total. The lowest BCUT2D eigenvalue weighted by atomic mass is 10.2. The molecular weight excluding hydrogens is 418 g/mol. The maximum Gasteiger partial charge on any atom is 0.223 e. The van der Waals surface area contributed by atoms with Crippen molar-refractivity contribution < 1.29 is 4.79 Å². The van der Waals surface area contributed by atoms with E-state index in [1.807, 2.05) is 24.3 Å². The van der Waals surface area contributed by atoms with Gasteiger partial charge >= 0.3 is 0 Å². The van der Waals surface area contributed by atoms with Crippen LogP contribution in [-0.2, 0) is 4.79 Å². The number of fused-ring (bicyclic) bond motifs is 2. The highest BCUT2D eigenvalue weighted by Gasteiger charge is 2.31. The van der Waals surface area contributed by atoms with E-state index in [1.165, 1.54) is 9.40 Å². The van der Waals surface area contributed by atoms with Crippen LogP contribution in [0.4, 0.5) is 0 Å². The fourth-order valence-electron chi connectivity index (χ4n) is 3.79.